The number of fused-ring (bicyclic) bond motifs is 3. The van der Waals surface area contributed by atoms with Crippen molar-refractivity contribution >= 4 is 49.6 Å². The number of benzene rings is 4. The Hall–Kier alpha value is -2.44. The summed E-state index contributed by atoms with van der Waals surface area (Å²) in [6.45, 7) is 22.8. The number of rotatable bonds is 6. The Kier molecular flexibility index (Phi) is 16.6. The molecular formula is C45H54Cl2Zr. The van der Waals surface area contributed by atoms with E-state index in [1.807, 2.05) is 0 Å². The maximum absolute atomic E-state index is 3.80. The van der Waals surface area contributed by atoms with Crippen molar-refractivity contribution in [3.8, 4) is 0 Å². The molecule has 1 atom stereocenters. The average molecular weight is 757 g/mol. The summed E-state index contributed by atoms with van der Waals surface area (Å²) in [5.41, 5.74) is 10.1. The molecule has 6 rings (SSSR count). The van der Waals surface area contributed by atoms with Crippen LogP contribution in [0.1, 0.15) is 77.6 Å². The molecular weight excluding hydrogens is 703 g/mol. The number of allylic oxidation sites excluding steroid dienone is 4. The van der Waals surface area contributed by atoms with Crippen LogP contribution in [0.4, 0.5) is 0 Å². The molecule has 1 aliphatic carbocycles. The average Bonchev–Trinajstić information content (AvgIpc) is 3.61. The Labute approximate surface area is 318 Å². The molecule has 48 heavy (non-hydrogen) atoms. The van der Waals surface area contributed by atoms with E-state index in [4.69, 9.17) is 0 Å². The van der Waals surface area contributed by atoms with Gasteiger partial charge in [0, 0.05) is 0 Å². The molecule has 0 spiro atoms. The third-order valence-electron chi connectivity index (χ3n) is 8.83. The Bertz CT molecular complexity index is 1720. The summed E-state index contributed by atoms with van der Waals surface area (Å²) >= 11 is 1.46. The summed E-state index contributed by atoms with van der Waals surface area (Å²) in [6.07, 6.45) is 3.80. The van der Waals surface area contributed by atoms with Crippen LogP contribution in [0.3, 0.4) is 0 Å². The first-order chi connectivity index (χ1) is 21.9. The predicted octanol–water partition coefficient (Wildman–Crippen LogP) is 13.2. The molecule has 0 aromatic heterocycles. The van der Waals surface area contributed by atoms with Crippen LogP contribution in [0, 0.1) is 49.5 Å². The summed E-state index contributed by atoms with van der Waals surface area (Å²) in [7, 11) is 0. The van der Waals surface area contributed by atoms with E-state index < -0.39 is 0 Å². The fourth-order valence-electron chi connectivity index (χ4n) is 6.60. The summed E-state index contributed by atoms with van der Waals surface area (Å²) in [6, 6.07) is 36.7. The van der Waals surface area contributed by atoms with Crippen LogP contribution < -0.4 is 0 Å². The zero-order valence-corrected chi connectivity index (χ0v) is 34.6. The second-order valence-corrected chi connectivity index (χ2v) is 15.3. The molecule has 5 aromatic carbocycles. The first kappa shape index (κ1) is 41.7. The van der Waals surface area contributed by atoms with Crippen LogP contribution in [-0.2, 0) is 24.2 Å². The van der Waals surface area contributed by atoms with Crippen molar-refractivity contribution in [1.82, 2.24) is 0 Å². The number of halogens is 2. The van der Waals surface area contributed by atoms with E-state index >= 15 is 0 Å². The Morgan fingerprint density at radius 3 is 1.40 bits per heavy atom. The zero-order chi connectivity index (χ0) is 33.5. The number of hydrogen-bond donors (Lipinski definition) is 0. The van der Waals surface area contributed by atoms with Gasteiger partial charge in [0.15, 0.2) is 0 Å². The molecule has 0 aliphatic heterocycles. The van der Waals surface area contributed by atoms with Crippen molar-refractivity contribution in [2.75, 3.05) is 0 Å². The van der Waals surface area contributed by atoms with E-state index in [1.165, 1.54) is 76.8 Å². The monoisotopic (exact) mass is 754 g/mol. The first-order valence-electron chi connectivity index (χ1n) is 17.0. The molecule has 252 valence electrons. The van der Waals surface area contributed by atoms with Gasteiger partial charge in [-0.25, -0.2) is 5.57 Å². The van der Waals surface area contributed by atoms with E-state index in [0.29, 0.717) is 29.6 Å². The molecule has 0 saturated carbocycles. The van der Waals surface area contributed by atoms with Gasteiger partial charge >= 0.3 is 99.2 Å². The summed E-state index contributed by atoms with van der Waals surface area (Å²) in [5.74, 6) is 3.08. The topological polar surface area (TPSA) is 0 Å². The normalized spacial score (nSPS) is 14.0. The minimum atomic E-state index is 0. The molecule has 5 aromatic rings. The van der Waals surface area contributed by atoms with Gasteiger partial charge in [-0.15, -0.1) is 64.6 Å². The summed E-state index contributed by atoms with van der Waals surface area (Å²) < 4.78 is 1.42. The quantitative estimate of drug-likeness (QED) is 0.151. The number of hydrogen-bond acceptors (Lipinski definition) is 0. The molecule has 1 aliphatic rings. The Morgan fingerprint density at radius 2 is 1.04 bits per heavy atom. The fraction of sp³-hybridized carbons (Fsp3) is 0.333. The summed E-state index contributed by atoms with van der Waals surface area (Å²) in [4.78, 5) is 0. The second-order valence-electron chi connectivity index (χ2n) is 14.0. The van der Waals surface area contributed by atoms with Crippen molar-refractivity contribution in [2.45, 2.75) is 69.2 Å². The van der Waals surface area contributed by atoms with Gasteiger partial charge in [0.1, 0.15) is 0 Å². The van der Waals surface area contributed by atoms with Crippen LogP contribution in [0.2, 0.25) is 0 Å². The van der Waals surface area contributed by atoms with Gasteiger partial charge in [0.05, 0.1) is 0 Å². The molecule has 0 saturated heterocycles. The predicted molar refractivity (Wildman–Crippen MR) is 214 cm³/mol. The second kappa shape index (κ2) is 19.1. The molecule has 0 N–H and O–H groups in total. The number of aryl methyl sites for hydroxylation is 2. The molecule has 3 heteroatoms. The molecule has 0 fully saturated rings. The van der Waals surface area contributed by atoms with E-state index in [2.05, 4.69) is 178 Å². The van der Waals surface area contributed by atoms with Crippen molar-refractivity contribution in [3.63, 3.8) is 0 Å². The van der Waals surface area contributed by atoms with Crippen LogP contribution in [0.15, 0.2) is 120 Å². The minimum absolute atomic E-state index is 0. The SMILES string of the molecule is CC(C)C1=[C-]C(C(C)C)C(C(C)C)=C1C(C)C.Cc1ccc2c(c1)[cH-]c1cc(C)ccc12.Cl.Cl.[Zr+2]=[C](c1ccccc1)c1ccccc1. The standard InChI is InChI=1S/C17H29.C15H13.C13H10.2ClH.Zr/c1-10(2)14-9-15(11(3)4)17(13(7)8)16(14)12(5)6;1-10-3-5-14-12(7-10)9-13-8-11(2)4-6-15(13)14;1-3-7-12(8-4-1)11-13-9-5-2-6-10-13;;;/h10-14H,1-8H3;3-9H,1-2H3;1-10H;2*1H;/q2*-1;;;;+2. The molecule has 0 amide bonds. The van der Waals surface area contributed by atoms with Crippen molar-refractivity contribution in [3.05, 3.63) is 148 Å². The van der Waals surface area contributed by atoms with Crippen LogP contribution in [0.5, 0.6) is 0 Å². The molecule has 0 radical (unpaired) electrons. The Morgan fingerprint density at radius 1 is 0.604 bits per heavy atom. The van der Waals surface area contributed by atoms with Crippen molar-refractivity contribution in [2.24, 2.45) is 29.6 Å². The van der Waals surface area contributed by atoms with Crippen molar-refractivity contribution in [1.29, 1.82) is 0 Å². The molecule has 0 heterocycles. The van der Waals surface area contributed by atoms with E-state index in [1.54, 1.807) is 11.1 Å². The Balaban J connectivity index is 0.000000246. The van der Waals surface area contributed by atoms with Gasteiger partial charge in [-0.05, 0) is 19.8 Å². The molecule has 0 nitrogen and oxygen atoms in total. The van der Waals surface area contributed by atoms with Crippen molar-refractivity contribution < 1.29 is 24.2 Å². The third-order valence-corrected chi connectivity index (χ3v) is 10.3. The third kappa shape index (κ3) is 10.3. The van der Waals surface area contributed by atoms with Gasteiger partial charge in [-0.3, -0.25) is 6.08 Å². The molecule has 0 bridgehead atoms. The van der Waals surface area contributed by atoms with Gasteiger partial charge in [0.2, 0.25) is 0 Å². The van der Waals surface area contributed by atoms with E-state index in [9.17, 15) is 0 Å². The van der Waals surface area contributed by atoms with Gasteiger partial charge in [-0.1, -0.05) is 114 Å². The fourth-order valence-corrected chi connectivity index (χ4v) is 7.42. The van der Waals surface area contributed by atoms with Crippen LogP contribution in [-0.4, -0.2) is 3.21 Å². The van der Waals surface area contributed by atoms with Gasteiger partial charge in [0.25, 0.3) is 0 Å². The van der Waals surface area contributed by atoms with Crippen LogP contribution in [0.25, 0.3) is 21.5 Å². The zero-order valence-electron chi connectivity index (χ0n) is 30.5. The maximum atomic E-state index is 3.80. The first-order valence-corrected chi connectivity index (χ1v) is 18.2. The van der Waals surface area contributed by atoms with Crippen LogP contribution >= 0.6 is 24.8 Å². The van der Waals surface area contributed by atoms with E-state index in [0.717, 1.165) is 0 Å². The van der Waals surface area contributed by atoms with E-state index in [-0.39, 0.29) is 24.8 Å². The summed E-state index contributed by atoms with van der Waals surface area (Å²) in [5, 5.41) is 5.46. The van der Waals surface area contributed by atoms with Gasteiger partial charge < -0.3 is 0 Å². The molecule has 1 unspecified atom stereocenters. The van der Waals surface area contributed by atoms with Gasteiger partial charge in [-0.2, -0.15) is 11.1 Å².